The molecular weight excluding hydrogens is 328 g/mol. The summed E-state index contributed by atoms with van der Waals surface area (Å²) in [6.45, 7) is 3.53. The second kappa shape index (κ2) is 7.11. The standard InChI is InChI=1S/C21H20N2O3/c1-13-17(11-22)4-3-5-19(13)15-6-8-16(9-7-15)21(26)23-12-18(25)10-20(23)14(2)24/h3-9,14,20,24H,10,12H2,1-2H3/t14?,20-/m0/s1. The van der Waals surface area contributed by atoms with Gasteiger partial charge in [0, 0.05) is 12.0 Å². The molecule has 2 aromatic carbocycles. The van der Waals surface area contributed by atoms with E-state index in [4.69, 9.17) is 0 Å². The molecule has 1 fully saturated rings. The Hall–Kier alpha value is -2.97. The van der Waals surface area contributed by atoms with Crippen molar-refractivity contribution in [2.45, 2.75) is 32.4 Å². The molecule has 5 nitrogen and oxygen atoms in total. The number of carbonyl (C=O) groups is 2. The first-order valence-corrected chi connectivity index (χ1v) is 8.53. The van der Waals surface area contributed by atoms with Gasteiger partial charge in [-0.3, -0.25) is 9.59 Å². The van der Waals surface area contributed by atoms with Gasteiger partial charge in [0.25, 0.3) is 5.91 Å². The normalized spacial score (nSPS) is 17.8. The molecule has 0 bridgehead atoms. The quantitative estimate of drug-likeness (QED) is 0.925. The molecule has 26 heavy (non-hydrogen) atoms. The molecule has 1 aliphatic rings. The number of aliphatic hydroxyl groups excluding tert-OH is 1. The van der Waals surface area contributed by atoms with E-state index in [1.54, 1.807) is 25.1 Å². The zero-order chi connectivity index (χ0) is 18.8. The SMILES string of the molecule is Cc1c(C#N)cccc1-c1ccc(C(=O)N2CC(=O)C[C@H]2C(C)O)cc1. The molecule has 1 unspecified atom stereocenters. The molecule has 5 heteroatoms. The van der Waals surface area contributed by atoms with E-state index in [1.165, 1.54) is 4.90 Å². The molecule has 0 aliphatic carbocycles. The van der Waals surface area contributed by atoms with Crippen molar-refractivity contribution in [2.24, 2.45) is 0 Å². The van der Waals surface area contributed by atoms with Crippen LogP contribution >= 0.6 is 0 Å². The van der Waals surface area contributed by atoms with Crippen LogP contribution < -0.4 is 0 Å². The van der Waals surface area contributed by atoms with Crippen molar-refractivity contribution in [1.29, 1.82) is 5.26 Å². The van der Waals surface area contributed by atoms with Crippen molar-refractivity contribution in [3.63, 3.8) is 0 Å². The van der Waals surface area contributed by atoms with Crippen LogP contribution in [0.5, 0.6) is 0 Å². The smallest absolute Gasteiger partial charge is 0.254 e. The number of carbonyl (C=O) groups excluding carboxylic acids is 2. The molecule has 0 radical (unpaired) electrons. The van der Waals surface area contributed by atoms with Crippen LogP contribution in [0.4, 0.5) is 0 Å². The fourth-order valence-electron chi connectivity index (χ4n) is 3.40. The van der Waals surface area contributed by atoms with Gasteiger partial charge in [-0.05, 0) is 48.7 Å². The highest BCUT2D eigenvalue weighted by atomic mass is 16.3. The van der Waals surface area contributed by atoms with Crippen LogP contribution in [0.3, 0.4) is 0 Å². The maximum atomic E-state index is 12.7. The number of benzene rings is 2. The van der Waals surface area contributed by atoms with E-state index < -0.39 is 12.1 Å². The summed E-state index contributed by atoms with van der Waals surface area (Å²) >= 11 is 0. The van der Waals surface area contributed by atoms with Crippen molar-refractivity contribution < 1.29 is 14.7 Å². The lowest BCUT2D eigenvalue weighted by molar-refractivity contribution is -0.116. The van der Waals surface area contributed by atoms with Crippen LogP contribution in [-0.2, 0) is 4.79 Å². The van der Waals surface area contributed by atoms with Gasteiger partial charge in [0.1, 0.15) is 0 Å². The van der Waals surface area contributed by atoms with Gasteiger partial charge in [-0.25, -0.2) is 0 Å². The largest absolute Gasteiger partial charge is 0.391 e. The third kappa shape index (κ3) is 3.24. The first kappa shape index (κ1) is 17.8. The second-order valence-corrected chi connectivity index (χ2v) is 6.65. The van der Waals surface area contributed by atoms with E-state index in [-0.39, 0.29) is 24.7 Å². The number of aliphatic hydroxyl groups is 1. The highest BCUT2D eigenvalue weighted by molar-refractivity contribution is 5.99. The number of likely N-dealkylation sites (tertiary alicyclic amines) is 1. The van der Waals surface area contributed by atoms with Crippen LogP contribution in [0.15, 0.2) is 42.5 Å². The van der Waals surface area contributed by atoms with Gasteiger partial charge in [0.05, 0.1) is 30.3 Å². The fraction of sp³-hybridized carbons (Fsp3) is 0.286. The molecule has 3 rings (SSSR count). The topological polar surface area (TPSA) is 81.4 Å². The van der Waals surface area contributed by atoms with Gasteiger partial charge >= 0.3 is 0 Å². The number of nitriles is 1. The van der Waals surface area contributed by atoms with E-state index in [1.807, 2.05) is 31.2 Å². The molecule has 1 saturated heterocycles. The lowest BCUT2D eigenvalue weighted by atomic mass is 9.96. The van der Waals surface area contributed by atoms with Gasteiger partial charge in [-0.1, -0.05) is 24.3 Å². The summed E-state index contributed by atoms with van der Waals surface area (Å²) in [5.74, 6) is -0.291. The van der Waals surface area contributed by atoms with Gasteiger partial charge in [0.15, 0.2) is 5.78 Å². The van der Waals surface area contributed by atoms with E-state index >= 15 is 0 Å². The molecule has 1 heterocycles. The predicted octanol–water partition coefficient (Wildman–Crippen LogP) is 2.70. The van der Waals surface area contributed by atoms with Crippen LogP contribution in [0.2, 0.25) is 0 Å². The van der Waals surface area contributed by atoms with Crippen molar-refractivity contribution in [1.82, 2.24) is 4.90 Å². The van der Waals surface area contributed by atoms with Gasteiger partial charge in [-0.15, -0.1) is 0 Å². The maximum absolute atomic E-state index is 12.7. The number of nitrogens with zero attached hydrogens (tertiary/aromatic N) is 2. The third-order valence-corrected chi connectivity index (χ3v) is 4.90. The first-order chi connectivity index (χ1) is 12.4. The van der Waals surface area contributed by atoms with Gasteiger partial charge < -0.3 is 10.0 Å². The Kier molecular flexibility index (Phi) is 4.88. The molecule has 132 valence electrons. The minimum atomic E-state index is -0.749. The predicted molar refractivity (Wildman–Crippen MR) is 97.5 cm³/mol. The van der Waals surface area contributed by atoms with Crippen LogP contribution in [0, 0.1) is 18.3 Å². The van der Waals surface area contributed by atoms with Crippen LogP contribution in [0.1, 0.15) is 34.8 Å². The number of ketones is 1. The lowest BCUT2D eigenvalue weighted by Crippen LogP contribution is -2.41. The highest BCUT2D eigenvalue weighted by Crippen LogP contribution is 2.27. The summed E-state index contributed by atoms with van der Waals surface area (Å²) in [6.07, 6.45) is -0.553. The number of hydrogen-bond donors (Lipinski definition) is 1. The number of hydrogen-bond acceptors (Lipinski definition) is 4. The molecule has 1 amide bonds. The second-order valence-electron chi connectivity index (χ2n) is 6.65. The summed E-state index contributed by atoms with van der Waals surface area (Å²) in [4.78, 5) is 25.9. The van der Waals surface area contributed by atoms with Crippen LogP contribution in [0.25, 0.3) is 11.1 Å². The molecule has 1 N–H and O–H groups in total. The average molecular weight is 348 g/mol. The first-order valence-electron chi connectivity index (χ1n) is 8.53. The molecule has 2 atom stereocenters. The summed E-state index contributed by atoms with van der Waals surface area (Å²) < 4.78 is 0. The minimum absolute atomic E-state index is 0.0372. The Bertz CT molecular complexity index is 894. The van der Waals surface area contributed by atoms with Crippen molar-refractivity contribution in [3.8, 4) is 17.2 Å². The maximum Gasteiger partial charge on any atom is 0.254 e. The van der Waals surface area contributed by atoms with Crippen molar-refractivity contribution in [3.05, 3.63) is 59.2 Å². The molecule has 1 aliphatic heterocycles. The van der Waals surface area contributed by atoms with E-state index in [2.05, 4.69) is 6.07 Å². The molecule has 0 spiro atoms. The molecular formula is C21H20N2O3. The van der Waals surface area contributed by atoms with Crippen molar-refractivity contribution in [2.75, 3.05) is 6.54 Å². The molecule has 0 saturated carbocycles. The Morgan fingerprint density at radius 2 is 1.96 bits per heavy atom. The Morgan fingerprint density at radius 3 is 2.58 bits per heavy atom. The molecule has 0 aromatic heterocycles. The number of amides is 1. The average Bonchev–Trinajstić information content (AvgIpc) is 3.04. The van der Waals surface area contributed by atoms with Crippen LogP contribution in [-0.4, -0.2) is 40.4 Å². The zero-order valence-electron chi connectivity index (χ0n) is 14.8. The fourth-order valence-corrected chi connectivity index (χ4v) is 3.40. The minimum Gasteiger partial charge on any atom is -0.391 e. The van der Waals surface area contributed by atoms with E-state index in [9.17, 15) is 20.0 Å². The summed E-state index contributed by atoms with van der Waals surface area (Å²) in [5, 5.41) is 19.0. The highest BCUT2D eigenvalue weighted by Gasteiger charge is 2.37. The van der Waals surface area contributed by atoms with Gasteiger partial charge in [-0.2, -0.15) is 5.26 Å². The van der Waals surface area contributed by atoms with Gasteiger partial charge in [0.2, 0.25) is 0 Å². The Labute approximate surface area is 152 Å². The third-order valence-electron chi connectivity index (χ3n) is 4.90. The molecule has 2 aromatic rings. The van der Waals surface area contributed by atoms with Crippen molar-refractivity contribution >= 4 is 11.7 Å². The van der Waals surface area contributed by atoms with E-state index in [0.717, 1.165) is 16.7 Å². The number of Topliss-reactive ketones (excluding diaryl/α,β-unsaturated/α-hetero) is 1. The number of rotatable bonds is 3. The Balaban J connectivity index is 1.87. The zero-order valence-corrected chi connectivity index (χ0v) is 14.8. The summed E-state index contributed by atoms with van der Waals surface area (Å²) in [7, 11) is 0. The lowest BCUT2D eigenvalue weighted by Gasteiger charge is -2.26. The summed E-state index contributed by atoms with van der Waals surface area (Å²) in [5.41, 5.74) is 3.86. The monoisotopic (exact) mass is 348 g/mol. The summed E-state index contributed by atoms with van der Waals surface area (Å²) in [6, 6.07) is 14.4. The van der Waals surface area contributed by atoms with E-state index in [0.29, 0.717) is 11.1 Å². The Morgan fingerprint density at radius 1 is 1.27 bits per heavy atom.